The van der Waals surface area contributed by atoms with Gasteiger partial charge in [0.1, 0.15) is 11.6 Å². The molecule has 0 bridgehead atoms. The van der Waals surface area contributed by atoms with E-state index in [0.717, 1.165) is 33.3 Å². The minimum Gasteiger partial charge on any atom is -0.497 e. The summed E-state index contributed by atoms with van der Waals surface area (Å²) < 4.78 is 7.96. The van der Waals surface area contributed by atoms with E-state index in [1.807, 2.05) is 35.8 Å². The van der Waals surface area contributed by atoms with Gasteiger partial charge in [0.25, 0.3) is 0 Å². The van der Waals surface area contributed by atoms with Crippen molar-refractivity contribution in [2.24, 2.45) is 0 Å². The molecule has 0 atom stereocenters. The molecule has 0 aliphatic carbocycles. The highest BCUT2D eigenvalue weighted by Gasteiger charge is 2.14. The number of carbonyl (C=O) groups excluding carboxylic acids is 1. The van der Waals surface area contributed by atoms with Crippen LogP contribution in [-0.2, 0) is 17.8 Å². The summed E-state index contributed by atoms with van der Waals surface area (Å²) in [5.74, 6) is 1.80. The fraction of sp³-hybridized carbons (Fsp3) is 0.250. The normalized spacial score (nSPS) is 10.8. The zero-order chi connectivity index (χ0) is 20.8. The van der Waals surface area contributed by atoms with Gasteiger partial charge in [0, 0.05) is 23.1 Å². The van der Waals surface area contributed by atoms with Gasteiger partial charge in [0.2, 0.25) is 5.91 Å². The number of methoxy groups -OCH3 is 1. The third-order valence-electron chi connectivity index (χ3n) is 4.17. The van der Waals surface area contributed by atoms with Crippen LogP contribution in [0.2, 0.25) is 5.02 Å². The molecule has 9 heteroatoms. The molecular weight excluding hydrogens is 476 g/mol. The molecule has 1 amide bonds. The zero-order valence-corrected chi connectivity index (χ0v) is 19.1. The van der Waals surface area contributed by atoms with Crippen molar-refractivity contribution in [2.75, 3.05) is 18.2 Å². The van der Waals surface area contributed by atoms with Crippen molar-refractivity contribution in [1.82, 2.24) is 14.8 Å². The summed E-state index contributed by atoms with van der Waals surface area (Å²) in [6.07, 6.45) is 0.663. The molecule has 0 saturated heterocycles. The number of benzene rings is 2. The van der Waals surface area contributed by atoms with Crippen LogP contribution in [0.1, 0.15) is 18.3 Å². The average Bonchev–Trinajstić information content (AvgIpc) is 3.11. The Labute approximate surface area is 187 Å². The van der Waals surface area contributed by atoms with E-state index in [-0.39, 0.29) is 11.7 Å². The second-order valence-electron chi connectivity index (χ2n) is 6.13. The van der Waals surface area contributed by atoms with E-state index in [9.17, 15) is 4.79 Å². The Balaban J connectivity index is 1.61. The highest BCUT2D eigenvalue weighted by Crippen LogP contribution is 2.26. The summed E-state index contributed by atoms with van der Waals surface area (Å²) in [5.41, 5.74) is 1.81. The molecule has 0 saturated carbocycles. The quantitative estimate of drug-likeness (QED) is 0.443. The third-order valence-corrected chi connectivity index (χ3v) is 6.35. The molecule has 6 nitrogen and oxygen atoms in total. The van der Waals surface area contributed by atoms with Crippen molar-refractivity contribution < 1.29 is 9.53 Å². The number of ether oxygens (including phenoxy) is 1. The van der Waals surface area contributed by atoms with Crippen molar-refractivity contribution in [1.29, 1.82) is 0 Å². The monoisotopic (exact) mass is 494 g/mol. The molecule has 3 rings (SSSR count). The van der Waals surface area contributed by atoms with Gasteiger partial charge in [-0.05, 0) is 58.7 Å². The topological polar surface area (TPSA) is 69.0 Å². The lowest BCUT2D eigenvalue weighted by atomic mass is 10.1. The van der Waals surface area contributed by atoms with E-state index < -0.39 is 0 Å². The largest absolute Gasteiger partial charge is 0.497 e. The number of carbonyl (C=O) groups is 1. The van der Waals surface area contributed by atoms with Gasteiger partial charge in [-0.15, -0.1) is 10.2 Å². The summed E-state index contributed by atoms with van der Waals surface area (Å²) in [5, 5.41) is 12.8. The number of aromatic nitrogens is 3. The predicted octanol–water partition coefficient (Wildman–Crippen LogP) is 5.04. The number of rotatable bonds is 8. The van der Waals surface area contributed by atoms with E-state index in [0.29, 0.717) is 17.1 Å². The fourth-order valence-corrected chi connectivity index (χ4v) is 4.02. The van der Waals surface area contributed by atoms with Crippen LogP contribution in [-0.4, -0.2) is 33.5 Å². The first-order chi connectivity index (χ1) is 14.0. The number of nitrogens with one attached hydrogen (secondary N) is 1. The van der Waals surface area contributed by atoms with Crippen LogP contribution in [0.15, 0.2) is 52.1 Å². The van der Waals surface area contributed by atoms with Crippen molar-refractivity contribution in [3.8, 4) is 5.75 Å². The number of hydrogen-bond acceptors (Lipinski definition) is 5. The number of anilines is 1. The summed E-state index contributed by atoms with van der Waals surface area (Å²) in [6, 6.07) is 13.1. The lowest BCUT2D eigenvalue weighted by Crippen LogP contribution is -2.14. The highest BCUT2D eigenvalue weighted by atomic mass is 79.9. The Hall–Kier alpha value is -2.03. The van der Waals surface area contributed by atoms with Crippen molar-refractivity contribution in [3.05, 3.63) is 63.3 Å². The smallest absolute Gasteiger partial charge is 0.234 e. The van der Waals surface area contributed by atoms with Crippen molar-refractivity contribution in [3.63, 3.8) is 0 Å². The first-order valence-corrected chi connectivity index (χ1v) is 11.1. The van der Waals surface area contributed by atoms with Crippen LogP contribution in [0.3, 0.4) is 0 Å². The molecule has 0 aliphatic rings. The minimum atomic E-state index is -0.119. The van der Waals surface area contributed by atoms with Gasteiger partial charge in [0.15, 0.2) is 5.16 Å². The Kier molecular flexibility index (Phi) is 7.57. The van der Waals surface area contributed by atoms with E-state index >= 15 is 0 Å². The Bertz CT molecular complexity index is 995. The predicted molar refractivity (Wildman–Crippen MR) is 120 cm³/mol. The molecule has 152 valence electrons. The first kappa shape index (κ1) is 21.7. The second kappa shape index (κ2) is 10.1. The molecule has 1 N–H and O–H groups in total. The maximum absolute atomic E-state index is 12.3. The van der Waals surface area contributed by atoms with Gasteiger partial charge in [-0.25, -0.2) is 0 Å². The molecule has 0 aliphatic heterocycles. The third kappa shape index (κ3) is 5.74. The maximum atomic E-state index is 12.3. The number of hydrogen-bond donors (Lipinski definition) is 1. The van der Waals surface area contributed by atoms with Crippen LogP contribution in [0.5, 0.6) is 5.75 Å². The van der Waals surface area contributed by atoms with Crippen LogP contribution < -0.4 is 10.1 Å². The van der Waals surface area contributed by atoms with Crippen molar-refractivity contribution in [2.45, 2.75) is 25.0 Å². The molecule has 0 spiro atoms. The van der Waals surface area contributed by atoms with Crippen LogP contribution >= 0.6 is 39.3 Å². The van der Waals surface area contributed by atoms with Gasteiger partial charge in [0.05, 0.1) is 17.9 Å². The SMILES string of the molecule is CCn1c(Cc2ccc(OC)cc2)nnc1SCC(=O)Nc1ccc(Cl)c(Br)c1. The van der Waals surface area contributed by atoms with E-state index in [1.165, 1.54) is 11.8 Å². The highest BCUT2D eigenvalue weighted by molar-refractivity contribution is 9.10. The van der Waals surface area contributed by atoms with E-state index in [2.05, 4.69) is 31.4 Å². The Morgan fingerprint density at radius 3 is 2.66 bits per heavy atom. The number of thioether (sulfide) groups is 1. The zero-order valence-electron chi connectivity index (χ0n) is 16.0. The lowest BCUT2D eigenvalue weighted by Gasteiger charge is -2.09. The fourth-order valence-electron chi connectivity index (χ4n) is 2.70. The minimum absolute atomic E-state index is 0.119. The van der Waals surface area contributed by atoms with Crippen molar-refractivity contribution >= 4 is 50.9 Å². The van der Waals surface area contributed by atoms with Crippen LogP contribution in [0.25, 0.3) is 0 Å². The Morgan fingerprint density at radius 1 is 1.24 bits per heavy atom. The maximum Gasteiger partial charge on any atom is 0.234 e. The molecule has 3 aromatic rings. The van der Waals surface area contributed by atoms with Crippen LogP contribution in [0.4, 0.5) is 5.69 Å². The van der Waals surface area contributed by atoms with Gasteiger partial charge in [-0.2, -0.15) is 0 Å². The molecule has 1 heterocycles. The number of halogens is 2. The van der Waals surface area contributed by atoms with Gasteiger partial charge < -0.3 is 14.6 Å². The summed E-state index contributed by atoms with van der Waals surface area (Å²) >= 11 is 10.7. The summed E-state index contributed by atoms with van der Waals surface area (Å²) in [7, 11) is 1.65. The second-order valence-corrected chi connectivity index (χ2v) is 8.34. The Morgan fingerprint density at radius 2 is 2.00 bits per heavy atom. The number of amides is 1. The molecule has 1 aromatic heterocycles. The molecule has 0 fully saturated rings. The molecule has 2 aromatic carbocycles. The number of nitrogens with zero attached hydrogens (tertiary/aromatic N) is 3. The van der Waals surface area contributed by atoms with Gasteiger partial charge >= 0.3 is 0 Å². The van der Waals surface area contributed by atoms with E-state index in [4.69, 9.17) is 16.3 Å². The van der Waals surface area contributed by atoms with Crippen LogP contribution in [0, 0.1) is 0 Å². The molecule has 0 radical (unpaired) electrons. The molecule has 29 heavy (non-hydrogen) atoms. The molecular formula is C20H20BrClN4O2S. The summed E-state index contributed by atoms with van der Waals surface area (Å²) in [4.78, 5) is 12.3. The lowest BCUT2D eigenvalue weighted by molar-refractivity contribution is -0.113. The first-order valence-electron chi connectivity index (χ1n) is 8.93. The molecule has 0 unspecified atom stereocenters. The standard InChI is InChI=1S/C20H20BrClN4O2S/c1-3-26-18(10-13-4-7-15(28-2)8-5-13)24-25-20(26)29-12-19(27)23-14-6-9-17(22)16(21)11-14/h4-9,11H,3,10,12H2,1-2H3,(H,23,27). The van der Waals surface area contributed by atoms with Gasteiger partial charge in [-0.1, -0.05) is 35.5 Å². The average molecular weight is 496 g/mol. The van der Waals surface area contributed by atoms with E-state index in [1.54, 1.807) is 25.3 Å². The summed E-state index contributed by atoms with van der Waals surface area (Å²) in [6.45, 7) is 2.77. The van der Waals surface area contributed by atoms with Gasteiger partial charge in [-0.3, -0.25) is 4.79 Å².